The summed E-state index contributed by atoms with van der Waals surface area (Å²) in [6.45, 7) is 32.9. The molecule has 0 fully saturated rings. The van der Waals surface area contributed by atoms with Crippen LogP contribution in [0.5, 0.6) is 0 Å². The Kier molecular flexibility index (Phi) is 25.0. The Labute approximate surface area is 480 Å². The number of benzene rings is 2. The smallest absolute Gasteiger partial charge is 0.256 e. The summed E-state index contributed by atoms with van der Waals surface area (Å²) < 4.78 is 3.06. The van der Waals surface area contributed by atoms with Gasteiger partial charge in [0.25, 0.3) is 11.8 Å². The van der Waals surface area contributed by atoms with Crippen molar-refractivity contribution in [2.75, 3.05) is 37.6 Å². The van der Waals surface area contributed by atoms with E-state index in [0.29, 0.717) is 107 Å². The van der Waals surface area contributed by atoms with Crippen molar-refractivity contribution in [3.63, 3.8) is 0 Å². The molecule has 3 heterocycles. The number of carbonyl (C=O) groups excluding carboxylic acids is 2. The van der Waals surface area contributed by atoms with Gasteiger partial charge in [0.1, 0.15) is 6.33 Å². The number of rotatable bonds is 32. The van der Waals surface area contributed by atoms with Gasteiger partial charge in [0.15, 0.2) is 34.6 Å². The molecule has 2 aromatic carbocycles. The van der Waals surface area contributed by atoms with E-state index in [1.54, 1.807) is 6.07 Å². The molecule has 5 rings (SSSR count). The molecule has 0 aliphatic carbocycles. The highest BCUT2D eigenvalue weighted by Gasteiger charge is 2.31. The summed E-state index contributed by atoms with van der Waals surface area (Å²) >= 11 is 0. The first-order valence-corrected chi connectivity index (χ1v) is 30.5. The average molecular weight is 1100 g/mol. The van der Waals surface area contributed by atoms with E-state index in [2.05, 4.69) is 75.2 Å². The summed E-state index contributed by atoms with van der Waals surface area (Å²) in [6.07, 6.45) is 18.9. The lowest BCUT2D eigenvalue weighted by Crippen LogP contribution is -2.39. The number of carbonyl (C=O) groups is 2. The Bertz CT molecular complexity index is 2560. The molecular formula is C64H100N14O2. The Morgan fingerprint density at radius 1 is 0.500 bits per heavy atom. The third-order valence-corrected chi connectivity index (χ3v) is 15.7. The molecule has 16 nitrogen and oxygen atoms in total. The minimum absolute atomic E-state index is 0.0340. The SMILES string of the molecule is CCCCC(CC)CN(CC(CC)CCCC)C(=O)c1ccccc1/N=N/c1c(C(C)(C)C)nn(-c2cc(-n3nc(C(C)(C)C)c(/N=N/c4ccccc4C(=O)N(CC(CC)CCCC)CC(CC)CCCC)c3N)ncn2)c1N. The lowest BCUT2D eigenvalue weighted by Gasteiger charge is -2.31. The zero-order chi connectivity index (χ0) is 58.6. The second-order valence-electron chi connectivity index (χ2n) is 24.2. The van der Waals surface area contributed by atoms with Crippen LogP contribution in [0.2, 0.25) is 0 Å². The highest BCUT2D eigenvalue weighted by Crippen LogP contribution is 2.41. The highest BCUT2D eigenvalue weighted by atomic mass is 16.2. The third-order valence-electron chi connectivity index (χ3n) is 15.7. The Balaban J connectivity index is 1.53. The predicted octanol–water partition coefficient (Wildman–Crippen LogP) is 17.2. The monoisotopic (exact) mass is 1100 g/mol. The molecule has 438 valence electrons. The molecule has 4 unspecified atom stereocenters. The van der Waals surface area contributed by atoms with Crippen LogP contribution in [0, 0.1) is 23.7 Å². The zero-order valence-corrected chi connectivity index (χ0v) is 51.6. The maximum Gasteiger partial charge on any atom is 0.256 e. The maximum atomic E-state index is 14.8. The number of anilines is 2. The molecule has 0 bridgehead atoms. The number of hydrogen-bond acceptors (Lipinski definition) is 12. The van der Waals surface area contributed by atoms with Crippen LogP contribution in [0.1, 0.15) is 232 Å². The Morgan fingerprint density at radius 2 is 0.812 bits per heavy atom. The molecule has 3 aromatic heterocycles. The van der Waals surface area contributed by atoms with Crippen LogP contribution in [0.25, 0.3) is 11.6 Å². The van der Waals surface area contributed by atoms with Crippen LogP contribution in [0.4, 0.5) is 34.4 Å². The number of nitrogens with two attached hydrogens (primary N) is 2. The second-order valence-corrected chi connectivity index (χ2v) is 24.2. The van der Waals surface area contributed by atoms with Crippen molar-refractivity contribution in [1.29, 1.82) is 0 Å². The fraction of sp³-hybridized carbons (Fsp3) is 0.625. The van der Waals surface area contributed by atoms with Crippen molar-refractivity contribution in [1.82, 2.24) is 39.3 Å². The van der Waals surface area contributed by atoms with E-state index in [0.717, 1.165) is 103 Å². The molecule has 2 amide bonds. The van der Waals surface area contributed by atoms with Crippen LogP contribution in [-0.4, -0.2) is 77.3 Å². The van der Waals surface area contributed by atoms with E-state index < -0.39 is 10.8 Å². The minimum atomic E-state index is -0.522. The van der Waals surface area contributed by atoms with E-state index >= 15 is 0 Å². The summed E-state index contributed by atoms with van der Waals surface area (Å²) in [6, 6.07) is 16.6. The number of azo groups is 2. The van der Waals surface area contributed by atoms with Crippen LogP contribution in [-0.2, 0) is 10.8 Å². The molecular weight excluding hydrogens is 997 g/mol. The largest absolute Gasteiger partial charge is 0.382 e. The number of amides is 2. The maximum absolute atomic E-state index is 14.8. The number of unbranched alkanes of at least 4 members (excludes halogenated alkanes) is 4. The molecule has 0 radical (unpaired) electrons. The highest BCUT2D eigenvalue weighted by molar-refractivity contribution is 5.99. The molecule has 16 heteroatoms. The van der Waals surface area contributed by atoms with Gasteiger partial charge in [-0.25, -0.2) is 9.97 Å². The summed E-state index contributed by atoms with van der Waals surface area (Å²) in [7, 11) is 0. The van der Waals surface area contributed by atoms with Gasteiger partial charge in [0.2, 0.25) is 0 Å². The van der Waals surface area contributed by atoms with E-state index in [4.69, 9.17) is 42.1 Å². The summed E-state index contributed by atoms with van der Waals surface area (Å²) in [5.74, 6) is 2.70. The first-order valence-electron chi connectivity index (χ1n) is 30.5. The van der Waals surface area contributed by atoms with Crippen molar-refractivity contribution in [3.05, 3.63) is 83.4 Å². The van der Waals surface area contributed by atoms with E-state index in [9.17, 15) is 9.59 Å². The molecule has 4 atom stereocenters. The molecule has 0 aliphatic rings. The normalized spacial score (nSPS) is 13.8. The molecule has 0 saturated carbocycles. The lowest BCUT2D eigenvalue weighted by atomic mass is 9.91. The van der Waals surface area contributed by atoms with Crippen LogP contribution < -0.4 is 11.5 Å². The van der Waals surface area contributed by atoms with E-state index in [1.807, 2.05) is 90.1 Å². The lowest BCUT2D eigenvalue weighted by molar-refractivity contribution is 0.0679. The number of nitrogen functional groups attached to an aromatic ring is 2. The van der Waals surface area contributed by atoms with Gasteiger partial charge in [-0.15, -0.1) is 20.5 Å². The number of hydrogen-bond donors (Lipinski definition) is 2. The molecule has 0 aliphatic heterocycles. The number of aromatic nitrogens is 6. The summed E-state index contributed by atoms with van der Waals surface area (Å²) in [4.78, 5) is 43.0. The fourth-order valence-corrected chi connectivity index (χ4v) is 10.4. The Hall–Kier alpha value is -6.32. The first kappa shape index (κ1) is 64.5. The number of nitrogens with zero attached hydrogens (tertiary/aromatic N) is 12. The van der Waals surface area contributed by atoms with Gasteiger partial charge in [0, 0.05) is 43.1 Å². The topological polar surface area (TPSA) is 204 Å². The molecule has 80 heavy (non-hydrogen) atoms. The first-order chi connectivity index (χ1) is 38.3. The van der Waals surface area contributed by atoms with Gasteiger partial charge in [0.05, 0.1) is 33.9 Å². The predicted molar refractivity (Wildman–Crippen MR) is 329 cm³/mol. The average Bonchev–Trinajstić information content (AvgIpc) is 4.01. The van der Waals surface area contributed by atoms with Gasteiger partial charge >= 0.3 is 0 Å². The van der Waals surface area contributed by atoms with Crippen molar-refractivity contribution in [2.24, 2.45) is 44.1 Å². The van der Waals surface area contributed by atoms with Crippen molar-refractivity contribution in [2.45, 2.75) is 210 Å². The van der Waals surface area contributed by atoms with E-state index in [-0.39, 0.29) is 23.5 Å². The van der Waals surface area contributed by atoms with Gasteiger partial charge in [-0.2, -0.15) is 19.6 Å². The van der Waals surface area contributed by atoms with Gasteiger partial charge < -0.3 is 21.3 Å². The van der Waals surface area contributed by atoms with Crippen molar-refractivity contribution in [3.8, 4) is 11.6 Å². The quantitative estimate of drug-likeness (QED) is 0.0396. The standard InChI is InChI=1S/C64H100N14O2/c1-15-23-31-45(19-5)40-75(41-46(20-6)32-24-16-2)61(79)49-35-27-29-37-51(49)69-71-55-57(63(9,10)11)73-77(59(55)65)53-39-54(68-44-67-53)78-60(66)56(58(74-78)64(12,13)14)72-70-52-38-30-28-36-50(52)62(80)76(42-47(21-7)33-25-17-3)43-48(22-8)34-26-18-4/h27-30,35-39,44-48H,15-26,31-34,40-43,65-66H2,1-14H3/b71-69+,72-70+. The molecule has 0 spiro atoms. The van der Waals surface area contributed by atoms with Crippen LogP contribution >= 0.6 is 0 Å². The van der Waals surface area contributed by atoms with Crippen molar-refractivity contribution >= 4 is 46.2 Å². The van der Waals surface area contributed by atoms with E-state index in [1.165, 1.54) is 15.7 Å². The summed E-state index contributed by atoms with van der Waals surface area (Å²) in [5, 5.41) is 29.2. The van der Waals surface area contributed by atoms with Gasteiger partial charge in [-0.1, -0.05) is 198 Å². The molecule has 5 aromatic rings. The van der Waals surface area contributed by atoms with Crippen molar-refractivity contribution < 1.29 is 9.59 Å². The Morgan fingerprint density at radius 3 is 1.10 bits per heavy atom. The molecule has 4 N–H and O–H groups in total. The molecule has 0 saturated heterocycles. The second kappa shape index (κ2) is 31.0. The minimum Gasteiger partial charge on any atom is -0.382 e. The van der Waals surface area contributed by atoms with Gasteiger partial charge in [-0.3, -0.25) is 9.59 Å². The third kappa shape index (κ3) is 17.3. The van der Waals surface area contributed by atoms with Crippen LogP contribution in [0.15, 0.2) is 81.4 Å². The zero-order valence-electron chi connectivity index (χ0n) is 51.6. The van der Waals surface area contributed by atoms with Gasteiger partial charge in [-0.05, 0) is 73.6 Å². The summed E-state index contributed by atoms with van der Waals surface area (Å²) in [5.41, 5.74) is 16.8. The fourth-order valence-electron chi connectivity index (χ4n) is 10.4. The van der Waals surface area contributed by atoms with Crippen LogP contribution in [0.3, 0.4) is 0 Å².